The van der Waals surface area contributed by atoms with E-state index in [1.54, 1.807) is 12.1 Å². The van der Waals surface area contributed by atoms with E-state index in [4.69, 9.17) is 0 Å². The van der Waals surface area contributed by atoms with Crippen LogP contribution in [0.4, 0.5) is 17.1 Å². The van der Waals surface area contributed by atoms with E-state index in [9.17, 15) is 15.2 Å². The van der Waals surface area contributed by atoms with Crippen molar-refractivity contribution in [3.63, 3.8) is 0 Å². The summed E-state index contributed by atoms with van der Waals surface area (Å²) in [6.07, 6.45) is 4.02. The Bertz CT molecular complexity index is 957. The number of nitro benzene ring substituents is 1. The van der Waals surface area contributed by atoms with Crippen molar-refractivity contribution < 1.29 is 14.6 Å². The van der Waals surface area contributed by atoms with Gasteiger partial charge in [-0.2, -0.15) is 4.58 Å². The minimum Gasteiger partial charge on any atom is -0.390 e. The van der Waals surface area contributed by atoms with Crippen molar-refractivity contribution in [3.8, 4) is 0 Å². The van der Waals surface area contributed by atoms with Gasteiger partial charge in [-0.05, 0) is 43.7 Å². The van der Waals surface area contributed by atoms with Gasteiger partial charge in [-0.15, -0.1) is 0 Å². The molecule has 28 heavy (non-hydrogen) atoms. The van der Waals surface area contributed by atoms with Crippen LogP contribution in [0.3, 0.4) is 0 Å². The van der Waals surface area contributed by atoms with Crippen LogP contribution in [-0.4, -0.2) is 47.6 Å². The topological polar surface area (TPSA) is 69.6 Å². The molecule has 0 bridgehead atoms. The summed E-state index contributed by atoms with van der Waals surface area (Å²) in [4.78, 5) is 13.3. The Morgan fingerprint density at radius 1 is 1.14 bits per heavy atom. The van der Waals surface area contributed by atoms with Gasteiger partial charge < -0.3 is 10.0 Å². The minimum atomic E-state index is -0.547. The zero-order valence-corrected chi connectivity index (χ0v) is 16.7. The van der Waals surface area contributed by atoms with Crippen LogP contribution in [0.1, 0.15) is 25.0 Å². The number of rotatable bonds is 6. The number of aliphatic hydroxyl groups is 1. The summed E-state index contributed by atoms with van der Waals surface area (Å²) in [6, 6.07) is 13.3. The van der Waals surface area contributed by atoms with Crippen molar-refractivity contribution in [1.82, 2.24) is 0 Å². The van der Waals surface area contributed by atoms with Crippen LogP contribution < -0.4 is 4.90 Å². The largest absolute Gasteiger partial charge is 0.390 e. The van der Waals surface area contributed by atoms with E-state index in [-0.39, 0.29) is 17.2 Å². The van der Waals surface area contributed by atoms with Gasteiger partial charge in [0.15, 0.2) is 12.3 Å². The lowest BCUT2D eigenvalue weighted by molar-refractivity contribution is -0.441. The van der Waals surface area contributed by atoms with E-state index in [0.29, 0.717) is 12.1 Å². The highest BCUT2D eigenvalue weighted by atomic mass is 16.6. The molecule has 0 unspecified atom stereocenters. The van der Waals surface area contributed by atoms with E-state index < -0.39 is 5.41 Å². The molecular weight excluding hydrogens is 354 g/mol. The highest BCUT2D eigenvalue weighted by Gasteiger charge is 2.48. The van der Waals surface area contributed by atoms with Gasteiger partial charge in [-0.25, -0.2) is 0 Å². The van der Waals surface area contributed by atoms with Gasteiger partial charge in [0, 0.05) is 38.0 Å². The number of hydrogen-bond donors (Lipinski definition) is 1. The fraction of sp³-hybridized carbons (Fsp3) is 0.318. The third-order valence-electron chi connectivity index (χ3n) is 5.23. The third kappa shape index (κ3) is 3.43. The molecule has 2 aromatic carbocycles. The summed E-state index contributed by atoms with van der Waals surface area (Å²) in [7, 11) is 4.00. The van der Waals surface area contributed by atoms with Crippen molar-refractivity contribution in [2.45, 2.75) is 19.3 Å². The second-order valence-electron chi connectivity index (χ2n) is 7.63. The van der Waals surface area contributed by atoms with Crippen LogP contribution >= 0.6 is 0 Å². The maximum atomic E-state index is 11.6. The van der Waals surface area contributed by atoms with Gasteiger partial charge in [0.25, 0.3) is 5.69 Å². The Hall–Kier alpha value is -2.99. The molecule has 1 heterocycles. The van der Waals surface area contributed by atoms with Gasteiger partial charge in [0.05, 0.1) is 10.3 Å². The van der Waals surface area contributed by atoms with Crippen molar-refractivity contribution in [3.05, 3.63) is 69.8 Å². The van der Waals surface area contributed by atoms with Gasteiger partial charge >= 0.3 is 0 Å². The van der Waals surface area contributed by atoms with Crippen LogP contribution in [0.25, 0.3) is 6.08 Å². The van der Waals surface area contributed by atoms with E-state index in [0.717, 1.165) is 22.6 Å². The van der Waals surface area contributed by atoms with Crippen molar-refractivity contribution in [1.29, 1.82) is 0 Å². The number of nitro groups is 1. The molecule has 0 aromatic heterocycles. The lowest BCUT2D eigenvalue weighted by Gasteiger charge is -2.15. The molecule has 3 rings (SSSR count). The zero-order valence-electron chi connectivity index (χ0n) is 16.7. The molecule has 1 aliphatic rings. The summed E-state index contributed by atoms with van der Waals surface area (Å²) >= 11 is 0. The molecule has 6 heteroatoms. The molecule has 0 amide bonds. The number of hydrogen-bond acceptors (Lipinski definition) is 4. The fourth-order valence-electron chi connectivity index (χ4n) is 3.84. The SMILES string of the molecule is CN(C)c1ccc(/C=C/C2=[N+](CCO)c3cccc([N+](=O)[O-])c3C2(C)C)cc1. The van der Waals surface area contributed by atoms with Gasteiger partial charge in [0.1, 0.15) is 12.2 Å². The molecule has 0 atom stereocenters. The fourth-order valence-corrected chi connectivity index (χ4v) is 3.84. The van der Waals surface area contributed by atoms with E-state index >= 15 is 0 Å². The smallest absolute Gasteiger partial charge is 0.280 e. The minimum absolute atomic E-state index is 0.0346. The summed E-state index contributed by atoms with van der Waals surface area (Å²) in [5, 5.41) is 21.2. The second kappa shape index (κ2) is 7.56. The number of benzene rings is 2. The van der Waals surface area contributed by atoms with Crippen molar-refractivity contribution in [2.24, 2.45) is 0 Å². The predicted molar refractivity (Wildman–Crippen MR) is 113 cm³/mol. The van der Waals surface area contributed by atoms with Crippen molar-refractivity contribution >= 4 is 28.8 Å². The Labute approximate surface area is 165 Å². The highest BCUT2D eigenvalue weighted by Crippen LogP contribution is 2.45. The van der Waals surface area contributed by atoms with E-state index in [2.05, 4.69) is 12.1 Å². The molecular formula is C22H26N3O3+. The molecule has 0 saturated heterocycles. The normalized spacial score (nSPS) is 15.2. The van der Waals surface area contributed by atoms with E-state index in [1.165, 1.54) is 0 Å². The van der Waals surface area contributed by atoms with Gasteiger partial charge in [-0.1, -0.05) is 12.1 Å². The first-order valence-corrected chi connectivity index (χ1v) is 9.26. The first-order chi connectivity index (χ1) is 13.3. The first-order valence-electron chi connectivity index (χ1n) is 9.26. The lowest BCUT2D eigenvalue weighted by Crippen LogP contribution is -2.28. The van der Waals surface area contributed by atoms with Crippen LogP contribution in [0.2, 0.25) is 0 Å². The maximum absolute atomic E-state index is 11.6. The Balaban J connectivity index is 2.06. The zero-order chi connectivity index (χ0) is 20.5. The maximum Gasteiger partial charge on any atom is 0.280 e. The number of allylic oxidation sites excluding steroid dienone is 1. The number of β-amino-alcohol motifs (C(OH)–C–C–N with tert-alkyl or cyclic N) is 1. The number of anilines is 1. The Morgan fingerprint density at radius 3 is 2.39 bits per heavy atom. The summed E-state index contributed by atoms with van der Waals surface area (Å²) in [5.74, 6) is 0. The first kappa shape index (κ1) is 19.8. The summed E-state index contributed by atoms with van der Waals surface area (Å²) in [5.41, 5.74) is 4.15. The molecule has 0 radical (unpaired) electrons. The van der Waals surface area contributed by atoms with E-state index in [1.807, 2.05) is 67.8 Å². The molecule has 146 valence electrons. The van der Waals surface area contributed by atoms with Crippen LogP contribution in [-0.2, 0) is 5.41 Å². The van der Waals surface area contributed by atoms with Gasteiger partial charge in [0.2, 0.25) is 5.69 Å². The van der Waals surface area contributed by atoms with Crippen molar-refractivity contribution in [2.75, 3.05) is 32.1 Å². The molecule has 0 fully saturated rings. The summed E-state index contributed by atoms with van der Waals surface area (Å²) in [6.45, 7) is 4.33. The highest BCUT2D eigenvalue weighted by molar-refractivity contribution is 6.06. The van der Waals surface area contributed by atoms with Crippen LogP contribution in [0.5, 0.6) is 0 Å². The molecule has 0 saturated carbocycles. The Kier molecular flexibility index (Phi) is 5.34. The summed E-state index contributed by atoms with van der Waals surface area (Å²) < 4.78 is 1.98. The van der Waals surface area contributed by atoms with Crippen LogP contribution in [0.15, 0.2) is 48.5 Å². The average Bonchev–Trinajstić information content (AvgIpc) is 2.87. The third-order valence-corrected chi connectivity index (χ3v) is 5.23. The number of nitrogens with zero attached hydrogens (tertiary/aromatic N) is 3. The molecule has 0 aliphatic carbocycles. The molecule has 1 N–H and O–H groups in total. The standard InChI is InChI=1S/C22H26N3O3/c1-22(2)20(13-10-16-8-11-17(12-9-16)23(3)4)24(14-15-26)18-6-5-7-19(21(18)22)25(27)28/h5-13,26H,14-15H2,1-4H3/q+1. The monoisotopic (exact) mass is 380 g/mol. The average molecular weight is 380 g/mol. The van der Waals surface area contributed by atoms with Crippen LogP contribution in [0, 0.1) is 10.1 Å². The lowest BCUT2D eigenvalue weighted by atomic mass is 9.80. The molecule has 6 nitrogen and oxygen atoms in total. The predicted octanol–water partition coefficient (Wildman–Crippen LogP) is 3.74. The number of aliphatic hydroxyl groups excluding tert-OH is 1. The Morgan fingerprint density at radius 2 is 1.82 bits per heavy atom. The second-order valence-corrected chi connectivity index (χ2v) is 7.63. The quantitative estimate of drug-likeness (QED) is 0.471. The molecule has 0 spiro atoms. The van der Waals surface area contributed by atoms with Gasteiger partial charge in [-0.3, -0.25) is 10.1 Å². The molecule has 1 aliphatic heterocycles. The molecule has 2 aromatic rings. The number of fused-ring (bicyclic) bond motifs is 1.